The lowest BCUT2D eigenvalue weighted by molar-refractivity contribution is 0.0935. The number of hydrogen-bond acceptors (Lipinski definition) is 3. The molecule has 0 aliphatic rings. The van der Waals surface area contributed by atoms with E-state index in [2.05, 4.69) is 20.7 Å². The summed E-state index contributed by atoms with van der Waals surface area (Å²) in [5.41, 5.74) is 1.10. The molecule has 0 saturated heterocycles. The third-order valence-corrected chi connectivity index (χ3v) is 3.18. The van der Waals surface area contributed by atoms with Crippen LogP contribution in [-0.2, 0) is 0 Å². The van der Waals surface area contributed by atoms with Gasteiger partial charge < -0.3 is 5.32 Å². The van der Waals surface area contributed by atoms with Gasteiger partial charge in [0.2, 0.25) is 0 Å². The number of aromatic nitrogens is 3. The van der Waals surface area contributed by atoms with Crippen LogP contribution in [0.15, 0.2) is 24.4 Å². The van der Waals surface area contributed by atoms with Crippen molar-refractivity contribution in [1.29, 1.82) is 0 Å². The van der Waals surface area contributed by atoms with Gasteiger partial charge in [-0.15, -0.1) is 0 Å². The van der Waals surface area contributed by atoms with Crippen LogP contribution in [-0.4, -0.2) is 21.3 Å². The summed E-state index contributed by atoms with van der Waals surface area (Å²) < 4.78 is 0. The van der Waals surface area contributed by atoms with Crippen molar-refractivity contribution in [2.75, 3.05) is 0 Å². The molecule has 0 saturated carbocycles. The lowest BCUT2D eigenvalue weighted by Gasteiger charge is -2.13. The van der Waals surface area contributed by atoms with E-state index in [0.717, 1.165) is 5.56 Å². The topological polar surface area (TPSA) is 70.7 Å². The third kappa shape index (κ3) is 2.80. The van der Waals surface area contributed by atoms with Crippen LogP contribution in [0.5, 0.6) is 0 Å². The van der Waals surface area contributed by atoms with Gasteiger partial charge in [-0.05, 0) is 24.6 Å². The summed E-state index contributed by atoms with van der Waals surface area (Å²) in [5, 5.41) is 13.4. The van der Waals surface area contributed by atoms with Crippen LogP contribution in [0, 0.1) is 0 Å². The molecular weight excluding hydrogens is 275 g/mol. The molecule has 2 aromatic rings. The van der Waals surface area contributed by atoms with Gasteiger partial charge in [0.1, 0.15) is 0 Å². The van der Waals surface area contributed by atoms with Crippen LogP contribution in [0.3, 0.4) is 0 Å². The standard InChI is InChI=1S/C11H10Cl2N4O/c1-6(7-2-3-8(12)9(13)4-7)15-11(18)10-5-14-17-16-10/h2-6H,1H3,(H,15,18)(H,14,16,17). The normalized spacial score (nSPS) is 12.2. The summed E-state index contributed by atoms with van der Waals surface area (Å²) >= 11 is 11.8. The second-order valence-electron chi connectivity index (χ2n) is 3.72. The number of H-pyrrole nitrogens is 1. The first kappa shape index (κ1) is 12.9. The molecule has 5 nitrogen and oxygen atoms in total. The Morgan fingerprint density at radius 2 is 2.17 bits per heavy atom. The number of halogens is 2. The predicted molar refractivity (Wildman–Crippen MR) is 68.7 cm³/mol. The van der Waals surface area contributed by atoms with E-state index in [1.807, 2.05) is 13.0 Å². The largest absolute Gasteiger partial charge is 0.344 e. The molecular formula is C11H10Cl2N4O. The van der Waals surface area contributed by atoms with Gasteiger partial charge in [-0.25, -0.2) is 0 Å². The van der Waals surface area contributed by atoms with Crippen molar-refractivity contribution in [3.8, 4) is 0 Å². The summed E-state index contributed by atoms with van der Waals surface area (Å²) in [7, 11) is 0. The molecule has 1 amide bonds. The maximum atomic E-state index is 11.7. The van der Waals surface area contributed by atoms with Crippen LogP contribution < -0.4 is 5.32 Å². The number of carbonyl (C=O) groups is 1. The second kappa shape index (κ2) is 5.37. The number of rotatable bonds is 3. The molecule has 94 valence electrons. The van der Waals surface area contributed by atoms with Crippen molar-refractivity contribution in [2.24, 2.45) is 0 Å². The number of amides is 1. The molecule has 0 fully saturated rings. The van der Waals surface area contributed by atoms with E-state index >= 15 is 0 Å². The van der Waals surface area contributed by atoms with Crippen LogP contribution in [0.2, 0.25) is 10.0 Å². The smallest absolute Gasteiger partial charge is 0.273 e. The van der Waals surface area contributed by atoms with E-state index in [0.29, 0.717) is 10.0 Å². The maximum Gasteiger partial charge on any atom is 0.273 e. The first-order valence-electron chi connectivity index (χ1n) is 5.19. The van der Waals surface area contributed by atoms with Gasteiger partial charge in [-0.1, -0.05) is 29.3 Å². The SMILES string of the molecule is CC(NC(=O)c1cn[nH]n1)c1ccc(Cl)c(Cl)c1. The van der Waals surface area contributed by atoms with Gasteiger partial charge in [0.25, 0.3) is 5.91 Å². The van der Waals surface area contributed by atoms with E-state index in [1.165, 1.54) is 6.20 Å². The molecule has 1 aromatic carbocycles. The molecule has 18 heavy (non-hydrogen) atoms. The number of carbonyl (C=O) groups excluding carboxylic acids is 1. The van der Waals surface area contributed by atoms with Crippen molar-refractivity contribution in [2.45, 2.75) is 13.0 Å². The van der Waals surface area contributed by atoms with Gasteiger partial charge in [0.15, 0.2) is 5.69 Å². The number of nitrogens with zero attached hydrogens (tertiary/aromatic N) is 2. The summed E-state index contributed by atoms with van der Waals surface area (Å²) in [4.78, 5) is 11.7. The van der Waals surface area contributed by atoms with Crippen LogP contribution in [0.25, 0.3) is 0 Å². The molecule has 0 bridgehead atoms. The Kier molecular flexibility index (Phi) is 3.84. The second-order valence-corrected chi connectivity index (χ2v) is 4.54. The molecule has 2 N–H and O–H groups in total. The fraction of sp³-hybridized carbons (Fsp3) is 0.182. The number of nitrogens with one attached hydrogen (secondary N) is 2. The highest BCUT2D eigenvalue weighted by atomic mass is 35.5. The highest BCUT2D eigenvalue weighted by molar-refractivity contribution is 6.42. The van der Waals surface area contributed by atoms with E-state index in [9.17, 15) is 4.79 Å². The first-order chi connectivity index (χ1) is 8.58. The van der Waals surface area contributed by atoms with Crippen molar-refractivity contribution >= 4 is 29.1 Å². The fourth-order valence-corrected chi connectivity index (χ4v) is 1.75. The highest BCUT2D eigenvalue weighted by Crippen LogP contribution is 2.25. The van der Waals surface area contributed by atoms with Gasteiger partial charge in [0.05, 0.1) is 22.3 Å². The molecule has 2 rings (SSSR count). The Morgan fingerprint density at radius 3 is 2.78 bits per heavy atom. The summed E-state index contributed by atoms with van der Waals surface area (Å²) in [6.45, 7) is 1.84. The Hall–Kier alpha value is -1.59. The Bertz CT molecular complexity index is 556. The van der Waals surface area contributed by atoms with E-state index < -0.39 is 0 Å². The first-order valence-corrected chi connectivity index (χ1v) is 5.95. The zero-order valence-electron chi connectivity index (χ0n) is 9.45. The number of hydrogen-bond donors (Lipinski definition) is 2. The molecule has 1 atom stereocenters. The predicted octanol–water partition coefficient (Wildman–Crippen LogP) is 2.60. The van der Waals surface area contributed by atoms with Crippen molar-refractivity contribution in [1.82, 2.24) is 20.7 Å². The monoisotopic (exact) mass is 284 g/mol. The van der Waals surface area contributed by atoms with Crippen LogP contribution in [0.1, 0.15) is 29.0 Å². The average molecular weight is 285 g/mol. The fourth-order valence-electron chi connectivity index (χ4n) is 1.45. The zero-order chi connectivity index (χ0) is 13.1. The zero-order valence-corrected chi connectivity index (χ0v) is 11.0. The molecule has 1 unspecified atom stereocenters. The van der Waals surface area contributed by atoms with Crippen LogP contribution in [0.4, 0.5) is 0 Å². The number of aromatic amines is 1. The lowest BCUT2D eigenvalue weighted by atomic mass is 10.1. The summed E-state index contributed by atoms with van der Waals surface area (Å²) in [5.74, 6) is -0.303. The van der Waals surface area contributed by atoms with Crippen molar-refractivity contribution in [3.05, 3.63) is 45.7 Å². The van der Waals surface area contributed by atoms with Gasteiger partial charge in [-0.2, -0.15) is 15.4 Å². The summed E-state index contributed by atoms with van der Waals surface area (Å²) in [6.07, 6.45) is 1.36. The minimum absolute atomic E-state index is 0.205. The molecule has 0 aliphatic heterocycles. The maximum absolute atomic E-state index is 11.7. The van der Waals surface area contributed by atoms with E-state index in [4.69, 9.17) is 23.2 Å². The Balaban J connectivity index is 2.10. The molecule has 1 heterocycles. The van der Waals surface area contributed by atoms with Crippen molar-refractivity contribution in [3.63, 3.8) is 0 Å². The minimum Gasteiger partial charge on any atom is -0.344 e. The molecule has 0 aliphatic carbocycles. The van der Waals surface area contributed by atoms with Gasteiger partial charge in [0, 0.05) is 0 Å². The molecule has 0 radical (unpaired) electrons. The van der Waals surface area contributed by atoms with Gasteiger partial charge in [-0.3, -0.25) is 4.79 Å². The van der Waals surface area contributed by atoms with Crippen molar-refractivity contribution < 1.29 is 4.79 Å². The lowest BCUT2D eigenvalue weighted by Crippen LogP contribution is -2.26. The third-order valence-electron chi connectivity index (χ3n) is 2.44. The molecule has 1 aromatic heterocycles. The number of benzene rings is 1. The van der Waals surface area contributed by atoms with Crippen LogP contribution >= 0.6 is 23.2 Å². The average Bonchev–Trinajstić information content (AvgIpc) is 2.86. The molecule has 0 spiro atoms. The van der Waals surface area contributed by atoms with Gasteiger partial charge >= 0.3 is 0 Å². The minimum atomic E-state index is -0.303. The summed E-state index contributed by atoms with van der Waals surface area (Å²) in [6, 6.07) is 5.02. The highest BCUT2D eigenvalue weighted by Gasteiger charge is 2.14. The Labute approximate surface area is 113 Å². The Morgan fingerprint density at radius 1 is 1.39 bits per heavy atom. The quantitative estimate of drug-likeness (QED) is 0.910. The van der Waals surface area contributed by atoms with E-state index in [-0.39, 0.29) is 17.6 Å². The molecule has 7 heteroatoms. The van der Waals surface area contributed by atoms with E-state index in [1.54, 1.807) is 12.1 Å².